The fraction of sp³-hybridized carbons (Fsp3) is 0.923. The highest BCUT2D eigenvalue weighted by atomic mass is 19.4. The van der Waals surface area contributed by atoms with Crippen LogP contribution < -0.4 is 10.6 Å². The monoisotopic (exact) mass is 278 g/mol. The molecule has 2 aliphatic rings. The summed E-state index contributed by atoms with van der Waals surface area (Å²) < 4.78 is 38.7. The van der Waals surface area contributed by atoms with E-state index in [1.807, 2.05) is 6.92 Å². The van der Waals surface area contributed by atoms with Gasteiger partial charge in [-0.3, -0.25) is 4.79 Å². The van der Waals surface area contributed by atoms with Gasteiger partial charge in [-0.25, -0.2) is 0 Å². The Balaban J connectivity index is 2.08. The van der Waals surface area contributed by atoms with Crippen LogP contribution in [0.1, 0.15) is 45.4 Å². The second-order valence-electron chi connectivity index (χ2n) is 5.84. The van der Waals surface area contributed by atoms with Crippen molar-refractivity contribution in [1.82, 2.24) is 10.6 Å². The number of hydrogen-bond donors (Lipinski definition) is 2. The predicted molar refractivity (Wildman–Crippen MR) is 65.6 cm³/mol. The van der Waals surface area contributed by atoms with Crippen LogP contribution in [0.3, 0.4) is 0 Å². The molecule has 2 fully saturated rings. The third-order valence-electron chi connectivity index (χ3n) is 4.33. The first-order valence-electron chi connectivity index (χ1n) is 6.95. The number of carbonyl (C=O) groups is 1. The Morgan fingerprint density at radius 3 is 2.42 bits per heavy atom. The molecule has 2 rings (SSSR count). The van der Waals surface area contributed by atoms with E-state index in [4.69, 9.17) is 0 Å². The van der Waals surface area contributed by atoms with E-state index < -0.39 is 23.0 Å². The Hall–Kier alpha value is -0.780. The first kappa shape index (κ1) is 14.6. The Bertz CT molecular complexity index is 339. The van der Waals surface area contributed by atoms with Gasteiger partial charge in [-0.1, -0.05) is 13.3 Å². The average molecular weight is 278 g/mol. The maximum atomic E-state index is 12.9. The Morgan fingerprint density at radius 2 is 2.00 bits per heavy atom. The van der Waals surface area contributed by atoms with Gasteiger partial charge in [0.2, 0.25) is 5.91 Å². The normalized spacial score (nSPS) is 29.9. The molecule has 1 saturated carbocycles. The smallest absolute Gasteiger partial charge is 0.341 e. The zero-order valence-electron chi connectivity index (χ0n) is 11.2. The molecule has 3 nitrogen and oxygen atoms in total. The highest BCUT2D eigenvalue weighted by Gasteiger charge is 2.65. The maximum Gasteiger partial charge on any atom is 0.411 e. The van der Waals surface area contributed by atoms with Crippen molar-refractivity contribution < 1.29 is 18.0 Å². The summed E-state index contributed by atoms with van der Waals surface area (Å²) in [6, 6.07) is 0. The van der Waals surface area contributed by atoms with Crippen LogP contribution in [-0.2, 0) is 4.79 Å². The molecule has 1 unspecified atom stereocenters. The molecule has 1 saturated heterocycles. The average Bonchev–Trinajstić information content (AvgIpc) is 3.11. The summed E-state index contributed by atoms with van der Waals surface area (Å²) in [6.45, 7) is 3.28. The van der Waals surface area contributed by atoms with Crippen molar-refractivity contribution in [2.75, 3.05) is 13.1 Å². The van der Waals surface area contributed by atoms with Crippen molar-refractivity contribution in [3.63, 3.8) is 0 Å². The lowest BCUT2D eigenvalue weighted by Crippen LogP contribution is -2.57. The van der Waals surface area contributed by atoms with E-state index in [0.717, 1.165) is 19.4 Å². The van der Waals surface area contributed by atoms with Crippen LogP contribution in [0.4, 0.5) is 13.2 Å². The first-order valence-corrected chi connectivity index (χ1v) is 6.95. The third-order valence-corrected chi connectivity index (χ3v) is 4.33. The van der Waals surface area contributed by atoms with E-state index >= 15 is 0 Å². The molecule has 1 atom stereocenters. The lowest BCUT2D eigenvalue weighted by atomic mass is 9.76. The van der Waals surface area contributed by atoms with Gasteiger partial charge in [-0.05, 0) is 38.6 Å². The van der Waals surface area contributed by atoms with Crippen LogP contribution in [0.15, 0.2) is 0 Å². The van der Waals surface area contributed by atoms with E-state index in [1.54, 1.807) is 0 Å². The minimum absolute atomic E-state index is 0.0118. The minimum Gasteiger partial charge on any atom is -0.341 e. The molecule has 0 aromatic carbocycles. The summed E-state index contributed by atoms with van der Waals surface area (Å²) in [5, 5.41) is 5.44. The van der Waals surface area contributed by atoms with Crippen molar-refractivity contribution in [3.05, 3.63) is 0 Å². The summed E-state index contributed by atoms with van der Waals surface area (Å²) in [5.74, 6) is -0.420. The van der Waals surface area contributed by atoms with Gasteiger partial charge in [-0.2, -0.15) is 13.2 Å². The van der Waals surface area contributed by atoms with Gasteiger partial charge in [-0.15, -0.1) is 0 Å². The molecule has 0 aromatic heterocycles. The zero-order valence-corrected chi connectivity index (χ0v) is 11.2. The Morgan fingerprint density at radius 1 is 1.32 bits per heavy atom. The largest absolute Gasteiger partial charge is 0.411 e. The number of carbonyl (C=O) groups excluding carboxylic acids is 1. The van der Waals surface area contributed by atoms with Gasteiger partial charge in [0.15, 0.2) is 0 Å². The number of rotatable bonds is 4. The molecule has 0 bridgehead atoms. The topological polar surface area (TPSA) is 41.1 Å². The quantitative estimate of drug-likeness (QED) is 0.829. The van der Waals surface area contributed by atoms with E-state index in [0.29, 0.717) is 19.4 Å². The van der Waals surface area contributed by atoms with Crippen LogP contribution in [-0.4, -0.2) is 30.7 Å². The van der Waals surface area contributed by atoms with E-state index in [-0.39, 0.29) is 12.8 Å². The van der Waals surface area contributed by atoms with E-state index in [2.05, 4.69) is 10.6 Å². The van der Waals surface area contributed by atoms with Crippen LogP contribution >= 0.6 is 0 Å². The summed E-state index contributed by atoms with van der Waals surface area (Å²) in [4.78, 5) is 12.4. The maximum absolute atomic E-state index is 12.9. The molecular formula is C13H21F3N2O. The number of alkyl halides is 3. The molecule has 0 radical (unpaired) electrons. The van der Waals surface area contributed by atoms with Gasteiger partial charge < -0.3 is 10.6 Å². The summed E-state index contributed by atoms with van der Waals surface area (Å²) >= 11 is 0. The Labute approximate surface area is 111 Å². The molecule has 110 valence electrons. The zero-order chi connectivity index (χ0) is 14.1. The van der Waals surface area contributed by atoms with E-state index in [1.165, 1.54) is 0 Å². The molecule has 1 aliphatic heterocycles. The van der Waals surface area contributed by atoms with Crippen molar-refractivity contribution in [3.8, 4) is 0 Å². The molecular weight excluding hydrogens is 257 g/mol. The number of amides is 1. The van der Waals surface area contributed by atoms with Gasteiger partial charge in [0.25, 0.3) is 0 Å². The fourth-order valence-corrected chi connectivity index (χ4v) is 2.92. The van der Waals surface area contributed by atoms with Crippen LogP contribution in [0.25, 0.3) is 0 Å². The third kappa shape index (κ3) is 2.73. The number of halogens is 3. The second-order valence-corrected chi connectivity index (χ2v) is 5.84. The highest BCUT2D eigenvalue weighted by molar-refractivity contribution is 5.84. The van der Waals surface area contributed by atoms with Crippen molar-refractivity contribution >= 4 is 5.91 Å². The standard InChI is InChI=1S/C13H21F3N2O/c1-2-4-11(5-3-8-17-9-11)10(19)18-12(6-7-12)13(14,15)16/h17H,2-9H2,1H3,(H,18,19). The Kier molecular flexibility index (Phi) is 3.82. The minimum atomic E-state index is -4.34. The molecule has 0 aromatic rings. The molecule has 0 spiro atoms. The molecule has 19 heavy (non-hydrogen) atoms. The van der Waals surface area contributed by atoms with Crippen molar-refractivity contribution in [2.45, 2.75) is 57.2 Å². The summed E-state index contributed by atoms with van der Waals surface area (Å²) in [5.41, 5.74) is -2.60. The summed E-state index contributed by atoms with van der Waals surface area (Å²) in [7, 11) is 0. The number of hydrogen-bond acceptors (Lipinski definition) is 2. The molecule has 1 amide bonds. The van der Waals surface area contributed by atoms with Crippen LogP contribution in [0, 0.1) is 5.41 Å². The van der Waals surface area contributed by atoms with Crippen LogP contribution in [0.2, 0.25) is 0 Å². The molecule has 1 aliphatic carbocycles. The fourth-order valence-electron chi connectivity index (χ4n) is 2.92. The first-order chi connectivity index (χ1) is 8.85. The second kappa shape index (κ2) is 4.96. The van der Waals surface area contributed by atoms with Crippen molar-refractivity contribution in [2.24, 2.45) is 5.41 Å². The molecule has 1 heterocycles. The van der Waals surface area contributed by atoms with Crippen LogP contribution in [0.5, 0.6) is 0 Å². The number of piperidine rings is 1. The van der Waals surface area contributed by atoms with Gasteiger partial charge in [0, 0.05) is 6.54 Å². The SMILES string of the molecule is CCCC1(C(=O)NC2(C(F)(F)F)CC2)CCCNC1. The molecule has 2 N–H and O–H groups in total. The lowest BCUT2D eigenvalue weighted by molar-refractivity contribution is -0.173. The lowest BCUT2D eigenvalue weighted by Gasteiger charge is -2.37. The molecule has 6 heteroatoms. The van der Waals surface area contributed by atoms with Crippen molar-refractivity contribution in [1.29, 1.82) is 0 Å². The van der Waals surface area contributed by atoms with E-state index in [9.17, 15) is 18.0 Å². The van der Waals surface area contributed by atoms with Gasteiger partial charge in [0.05, 0.1) is 5.41 Å². The summed E-state index contributed by atoms with van der Waals surface area (Å²) in [6.07, 6.45) is -1.36. The highest BCUT2D eigenvalue weighted by Crippen LogP contribution is 2.49. The number of nitrogens with one attached hydrogen (secondary N) is 2. The van der Waals surface area contributed by atoms with Gasteiger partial charge >= 0.3 is 6.18 Å². The predicted octanol–water partition coefficient (Wildman–Crippen LogP) is 2.37. The van der Waals surface area contributed by atoms with Gasteiger partial charge in [0.1, 0.15) is 5.54 Å².